The summed E-state index contributed by atoms with van der Waals surface area (Å²) in [6, 6.07) is 5.98. The highest BCUT2D eigenvalue weighted by molar-refractivity contribution is 5.79. The molecule has 0 bridgehead atoms. The molecular weight excluding hydrogens is 389 g/mol. The monoisotopic (exact) mass is 417 g/mol. The first-order valence-corrected chi connectivity index (χ1v) is 10.6. The molecule has 0 N–H and O–H groups in total. The molecule has 1 atom stereocenters. The van der Waals surface area contributed by atoms with Gasteiger partial charge in [-0.2, -0.15) is 4.98 Å². The van der Waals surface area contributed by atoms with E-state index in [0.717, 1.165) is 32.2 Å². The molecule has 7 nitrogen and oxygen atoms in total. The van der Waals surface area contributed by atoms with E-state index in [4.69, 9.17) is 14.0 Å². The molecule has 1 amide bonds. The number of hydrogen-bond acceptors (Lipinski definition) is 6. The summed E-state index contributed by atoms with van der Waals surface area (Å²) in [5.41, 5.74) is 0.250. The average molecular weight is 417 g/mol. The Bertz CT molecular complexity index is 850. The Morgan fingerprint density at radius 2 is 2.07 bits per heavy atom. The number of amides is 1. The van der Waals surface area contributed by atoms with Crippen LogP contribution in [-0.2, 0) is 19.7 Å². The molecule has 2 saturated heterocycles. The van der Waals surface area contributed by atoms with Gasteiger partial charge in [-0.05, 0) is 56.4 Å². The van der Waals surface area contributed by atoms with E-state index in [0.29, 0.717) is 50.1 Å². The summed E-state index contributed by atoms with van der Waals surface area (Å²) >= 11 is 0. The zero-order chi connectivity index (χ0) is 21.0. The van der Waals surface area contributed by atoms with Gasteiger partial charge in [-0.1, -0.05) is 5.16 Å². The highest BCUT2D eigenvalue weighted by Gasteiger charge is 2.43. The number of rotatable bonds is 6. The quantitative estimate of drug-likeness (QED) is 0.718. The Labute approximate surface area is 175 Å². The maximum Gasteiger partial charge on any atom is 0.257 e. The fourth-order valence-corrected chi connectivity index (χ4v) is 4.47. The lowest BCUT2D eigenvalue weighted by Gasteiger charge is -2.42. The van der Waals surface area contributed by atoms with E-state index >= 15 is 0 Å². The van der Waals surface area contributed by atoms with Crippen molar-refractivity contribution in [3.05, 3.63) is 35.9 Å². The van der Waals surface area contributed by atoms with E-state index < -0.39 is 5.41 Å². The highest BCUT2D eigenvalue weighted by Crippen LogP contribution is 2.37. The van der Waals surface area contributed by atoms with Crippen molar-refractivity contribution in [1.29, 1.82) is 0 Å². The third kappa shape index (κ3) is 4.39. The van der Waals surface area contributed by atoms with Crippen molar-refractivity contribution in [3.63, 3.8) is 0 Å². The van der Waals surface area contributed by atoms with Crippen molar-refractivity contribution < 1.29 is 23.2 Å². The van der Waals surface area contributed by atoms with Crippen LogP contribution in [0, 0.1) is 11.7 Å². The van der Waals surface area contributed by atoms with Crippen LogP contribution in [0.4, 0.5) is 4.39 Å². The number of carbonyl (C=O) groups excluding carboxylic acids is 1. The lowest BCUT2D eigenvalue weighted by Crippen LogP contribution is -2.51. The van der Waals surface area contributed by atoms with Crippen LogP contribution in [0.2, 0.25) is 0 Å². The molecule has 3 heterocycles. The normalized spacial score (nSPS) is 22.9. The molecule has 0 radical (unpaired) electrons. The SMILES string of the molecule is COCCC1(c2noc(-c3ccc(F)cc3)n2)CCCN(C(=O)C2CCOCC2)C1. The van der Waals surface area contributed by atoms with Gasteiger partial charge in [0.25, 0.3) is 5.89 Å². The predicted octanol–water partition coefficient (Wildman–Crippen LogP) is 3.20. The molecule has 30 heavy (non-hydrogen) atoms. The van der Waals surface area contributed by atoms with Gasteiger partial charge in [-0.25, -0.2) is 4.39 Å². The third-order valence-electron chi connectivity index (χ3n) is 6.24. The maximum absolute atomic E-state index is 13.2. The fourth-order valence-electron chi connectivity index (χ4n) is 4.47. The number of carbonyl (C=O) groups is 1. The largest absolute Gasteiger partial charge is 0.385 e. The van der Waals surface area contributed by atoms with Crippen LogP contribution in [0.3, 0.4) is 0 Å². The van der Waals surface area contributed by atoms with Crippen LogP contribution in [0.5, 0.6) is 0 Å². The molecule has 1 aromatic carbocycles. The van der Waals surface area contributed by atoms with E-state index in [2.05, 4.69) is 10.1 Å². The van der Waals surface area contributed by atoms with E-state index in [1.54, 1.807) is 19.2 Å². The van der Waals surface area contributed by atoms with Crippen molar-refractivity contribution in [2.75, 3.05) is 40.0 Å². The number of piperidine rings is 1. The molecule has 2 fully saturated rings. The lowest BCUT2D eigenvalue weighted by molar-refractivity contribution is -0.141. The van der Waals surface area contributed by atoms with Crippen molar-refractivity contribution in [2.45, 2.75) is 37.5 Å². The minimum absolute atomic E-state index is 0.0250. The molecule has 1 unspecified atom stereocenters. The first-order valence-electron chi connectivity index (χ1n) is 10.6. The van der Waals surface area contributed by atoms with Crippen LogP contribution < -0.4 is 0 Å². The number of ether oxygens (including phenoxy) is 2. The second kappa shape index (κ2) is 9.22. The Kier molecular flexibility index (Phi) is 6.43. The molecule has 0 saturated carbocycles. The van der Waals surface area contributed by atoms with Gasteiger partial charge in [-0.15, -0.1) is 0 Å². The molecule has 0 spiro atoms. The van der Waals surface area contributed by atoms with Crippen LogP contribution >= 0.6 is 0 Å². The van der Waals surface area contributed by atoms with Gasteiger partial charge in [0.2, 0.25) is 5.91 Å². The maximum atomic E-state index is 13.2. The van der Waals surface area contributed by atoms with Crippen molar-refractivity contribution in [2.24, 2.45) is 5.92 Å². The van der Waals surface area contributed by atoms with Gasteiger partial charge >= 0.3 is 0 Å². The van der Waals surface area contributed by atoms with Crippen LogP contribution in [0.1, 0.15) is 37.9 Å². The van der Waals surface area contributed by atoms with Gasteiger partial charge in [0.1, 0.15) is 5.82 Å². The van der Waals surface area contributed by atoms with Gasteiger partial charge in [-0.3, -0.25) is 4.79 Å². The summed E-state index contributed by atoms with van der Waals surface area (Å²) in [5, 5.41) is 4.28. The molecule has 162 valence electrons. The van der Waals surface area contributed by atoms with E-state index in [-0.39, 0.29) is 17.6 Å². The van der Waals surface area contributed by atoms with Gasteiger partial charge in [0.15, 0.2) is 5.82 Å². The predicted molar refractivity (Wildman–Crippen MR) is 107 cm³/mol. The highest BCUT2D eigenvalue weighted by atomic mass is 19.1. The Morgan fingerprint density at radius 1 is 1.30 bits per heavy atom. The first-order chi connectivity index (χ1) is 14.6. The Morgan fingerprint density at radius 3 is 2.80 bits per heavy atom. The lowest BCUT2D eigenvalue weighted by atomic mass is 9.76. The zero-order valence-corrected chi connectivity index (χ0v) is 17.3. The molecule has 2 aromatic rings. The van der Waals surface area contributed by atoms with Crippen molar-refractivity contribution in [1.82, 2.24) is 15.0 Å². The second-order valence-electron chi connectivity index (χ2n) is 8.20. The summed E-state index contributed by atoms with van der Waals surface area (Å²) in [6.07, 6.45) is 3.98. The summed E-state index contributed by atoms with van der Waals surface area (Å²) < 4.78 is 29.5. The summed E-state index contributed by atoms with van der Waals surface area (Å²) in [6.45, 7) is 3.12. The summed E-state index contributed by atoms with van der Waals surface area (Å²) in [4.78, 5) is 19.8. The van der Waals surface area contributed by atoms with Crippen LogP contribution in [-0.4, -0.2) is 61.0 Å². The first kappa shape index (κ1) is 20.9. The molecule has 0 aliphatic carbocycles. The topological polar surface area (TPSA) is 77.7 Å². The summed E-state index contributed by atoms with van der Waals surface area (Å²) in [5.74, 6) is 0.849. The van der Waals surface area contributed by atoms with Gasteiger partial charge in [0.05, 0.1) is 5.41 Å². The van der Waals surface area contributed by atoms with E-state index in [9.17, 15) is 9.18 Å². The standard InChI is InChI=1S/C22H28FN3O4/c1-28-14-10-22(21-24-19(30-25-21)16-3-5-18(23)6-4-16)9-2-11-26(15-22)20(27)17-7-12-29-13-8-17/h3-6,17H,2,7-15H2,1H3. The number of likely N-dealkylation sites (tertiary alicyclic amines) is 1. The molecular formula is C22H28FN3O4. The van der Waals surface area contributed by atoms with Crippen molar-refractivity contribution in [3.8, 4) is 11.5 Å². The van der Waals surface area contributed by atoms with E-state index in [1.165, 1.54) is 12.1 Å². The zero-order valence-electron chi connectivity index (χ0n) is 17.3. The fraction of sp³-hybridized carbons (Fsp3) is 0.591. The number of hydrogen-bond donors (Lipinski definition) is 0. The third-order valence-corrected chi connectivity index (χ3v) is 6.24. The van der Waals surface area contributed by atoms with E-state index in [1.807, 2.05) is 4.90 Å². The number of nitrogens with zero attached hydrogens (tertiary/aromatic N) is 3. The number of methoxy groups -OCH3 is 1. The van der Waals surface area contributed by atoms with Crippen LogP contribution in [0.25, 0.3) is 11.5 Å². The average Bonchev–Trinajstić information content (AvgIpc) is 3.29. The van der Waals surface area contributed by atoms with Gasteiger partial charge in [0, 0.05) is 51.5 Å². The second-order valence-corrected chi connectivity index (χ2v) is 8.20. The number of aromatic nitrogens is 2. The Hall–Kier alpha value is -2.32. The molecule has 4 rings (SSSR count). The Balaban J connectivity index is 1.57. The van der Waals surface area contributed by atoms with Gasteiger partial charge < -0.3 is 18.9 Å². The number of halogens is 1. The molecule has 1 aromatic heterocycles. The summed E-state index contributed by atoms with van der Waals surface area (Å²) in [7, 11) is 1.67. The number of benzene rings is 1. The molecule has 8 heteroatoms. The van der Waals surface area contributed by atoms with Crippen molar-refractivity contribution >= 4 is 5.91 Å². The minimum Gasteiger partial charge on any atom is -0.385 e. The molecule has 2 aliphatic rings. The minimum atomic E-state index is -0.420. The molecule has 2 aliphatic heterocycles. The van der Waals surface area contributed by atoms with Crippen LogP contribution in [0.15, 0.2) is 28.8 Å². The smallest absolute Gasteiger partial charge is 0.257 e.